The van der Waals surface area contributed by atoms with Gasteiger partial charge in [0.1, 0.15) is 5.82 Å². The number of rotatable bonds is 2. The molecule has 1 saturated carbocycles. The Balaban J connectivity index is 2.01. The highest BCUT2D eigenvalue weighted by atomic mass is 16.1. The summed E-state index contributed by atoms with van der Waals surface area (Å²) in [6.07, 6.45) is 5.09. The maximum Gasteiger partial charge on any atom is 0.264 e. The van der Waals surface area contributed by atoms with E-state index in [1.807, 2.05) is 0 Å². The van der Waals surface area contributed by atoms with Crippen molar-refractivity contribution in [2.45, 2.75) is 38.6 Å². The molecule has 4 heteroatoms. The number of anilines is 1. The van der Waals surface area contributed by atoms with Crippen LogP contribution in [0.3, 0.4) is 0 Å². The summed E-state index contributed by atoms with van der Waals surface area (Å²) in [4.78, 5) is 10.8. The minimum absolute atomic E-state index is 0.155. The van der Waals surface area contributed by atoms with E-state index < -0.39 is 0 Å². The molecule has 82 valence electrons. The van der Waals surface area contributed by atoms with Gasteiger partial charge in [0.05, 0.1) is 0 Å². The average molecular weight is 207 g/mol. The van der Waals surface area contributed by atoms with E-state index in [2.05, 4.69) is 22.4 Å². The van der Waals surface area contributed by atoms with E-state index in [4.69, 9.17) is 0 Å². The summed E-state index contributed by atoms with van der Waals surface area (Å²) in [7, 11) is 0. The Kier molecular flexibility index (Phi) is 3.04. The topological polar surface area (TPSA) is 57.8 Å². The van der Waals surface area contributed by atoms with Crippen LogP contribution in [0.1, 0.15) is 32.6 Å². The number of nitrogens with zero attached hydrogens (tertiary/aromatic N) is 1. The number of aromatic nitrogens is 2. The summed E-state index contributed by atoms with van der Waals surface area (Å²) < 4.78 is 0. The standard InChI is InChI=1S/C11H17N3O/c1-8-4-2-3-5-9(8)12-10-6-7-11(15)14-13-10/h6-9H,2-5H2,1H3,(H,12,13)(H,14,15)/t8-,9+/m1/s1. The van der Waals surface area contributed by atoms with Crippen LogP contribution in [0.4, 0.5) is 5.82 Å². The minimum atomic E-state index is -0.155. The van der Waals surface area contributed by atoms with Crippen LogP contribution in [0.25, 0.3) is 0 Å². The number of H-pyrrole nitrogens is 1. The maximum atomic E-state index is 10.8. The molecule has 2 atom stereocenters. The number of hydrogen-bond donors (Lipinski definition) is 2. The molecular weight excluding hydrogens is 190 g/mol. The summed E-state index contributed by atoms with van der Waals surface area (Å²) in [5.74, 6) is 1.46. The van der Waals surface area contributed by atoms with Crippen LogP contribution in [-0.2, 0) is 0 Å². The lowest BCUT2D eigenvalue weighted by molar-refractivity contribution is 0.349. The highest BCUT2D eigenvalue weighted by Gasteiger charge is 2.21. The average Bonchev–Trinajstić information content (AvgIpc) is 2.25. The molecule has 0 aromatic carbocycles. The fourth-order valence-electron chi connectivity index (χ4n) is 2.15. The molecule has 0 saturated heterocycles. The van der Waals surface area contributed by atoms with E-state index >= 15 is 0 Å². The van der Waals surface area contributed by atoms with Crippen LogP contribution >= 0.6 is 0 Å². The van der Waals surface area contributed by atoms with Crippen molar-refractivity contribution in [3.05, 3.63) is 22.5 Å². The molecule has 0 unspecified atom stereocenters. The van der Waals surface area contributed by atoms with Gasteiger partial charge in [-0.15, -0.1) is 0 Å². The molecule has 1 aromatic heterocycles. The van der Waals surface area contributed by atoms with Crippen molar-refractivity contribution in [1.82, 2.24) is 10.2 Å². The SMILES string of the molecule is C[C@@H]1CCCC[C@@H]1Nc1ccc(=O)[nH]n1. The smallest absolute Gasteiger partial charge is 0.264 e. The highest BCUT2D eigenvalue weighted by Crippen LogP contribution is 2.25. The molecule has 0 spiro atoms. The van der Waals surface area contributed by atoms with Crippen LogP contribution in [0.5, 0.6) is 0 Å². The lowest BCUT2D eigenvalue weighted by atomic mass is 9.86. The van der Waals surface area contributed by atoms with E-state index in [1.54, 1.807) is 6.07 Å². The molecule has 15 heavy (non-hydrogen) atoms. The van der Waals surface area contributed by atoms with Gasteiger partial charge in [0.25, 0.3) is 5.56 Å². The predicted octanol–water partition coefficient (Wildman–Crippen LogP) is 1.76. The van der Waals surface area contributed by atoms with Crippen molar-refractivity contribution in [3.8, 4) is 0 Å². The normalized spacial score (nSPS) is 26.2. The largest absolute Gasteiger partial charge is 0.366 e. The van der Waals surface area contributed by atoms with Crippen LogP contribution in [0.2, 0.25) is 0 Å². The first kappa shape index (κ1) is 10.2. The predicted molar refractivity (Wildman–Crippen MR) is 59.9 cm³/mol. The quantitative estimate of drug-likeness (QED) is 0.777. The molecule has 0 amide bonds. The second-order valence-corrected chi connectivity index (χ2v) is 4.32. The van der Waals surface area contributed by atoms with Crippen LogP contribution in [0, 0.1) is 5.92 Å². The number of nitrogens with one attached hydrogen (secondary N) is 2. The first-order valence-corrected chi connectivity index (χ1v) is 5.58. The van der Waals surface area contributed by atoms with Crippen molar-refractivity contribution in [3.63, 3.8) is 0 Å². The Bertz CT molecular complexity index is 354. The third kappa shape index (κ3) is 2.58. The van der Waals surface area contributed by atoms with Gasteiger partial charge >= 0.3 is 0 Å². The fourth-order valence-corrected chi connectivity index (χ4v) is 2.15. The van der Waals surface area contributed by atoms with Crippen molar-refractivity contribution >= 4 is 5.82 Å². The van der Waals surface area contributed by atoms with Gasteiger partial charge in [-0.25, -0.2) is 5.10 Å². The van der Waals surface area contributed by atoms with Crippen LogP contribution in [0.15, 0.2) is 16.9 Å². The number of hydrogen-bond acceptors (Lipinski definition) is 3. The first-order chi connectivity index (χ1) is 7.25. The van der Waals surface area contributed by atoms with Gasteiger partial charge in [-0.2, -0.15) is 5.10 Å². The monoisotopic (exact) mass is 207 g/mol. The van der Waals surface area contributed by atoms with Crippen LogP contribution in [-0.4, -0.2) is 16.2 Å². The van der Waals surface area contributed by atoms with Gasteiger partial charge < -0.3 is 5.32 Å². The summed E-state index contributed by atoms with van der Waals surface area (Å²) in [6.45, 7) is 2.27. The maximum absolute atomic E-state index is 10.8. The third-order valence-electron chi connectivity index (χ3n) is 3.12. The Morgan fingerprint density at radius 2 is 2.20 bits per heavy atom. The Morgan fingerprint density at radius 3 is 2.87 bits per heavy atom. The van der Waals surface area contributed by atoms with Crippen molar-refractivity contribution in [2.24, 2.45) is 5.92 Å². The zero-order valence-electron chi connectivity index (χ0n) is 8.99. The summed E-state index contributed by atoms with van der Waals surface area (Å²) >= 11 is 0. The fraction of sp³-hybridized carbons (Fsp3) is 0.636. The molecule has 1 aliphatic rings. The zero-order valence-corrected chi connectivity index (χ0v) is 8.99. The molecule has 2 N–H and O–H groups in total. The van der Waals surface area contributed by atoms with Crippen molar-refractivity contribution in [2.75, 3.05) is 5.32 Å². The molecular formula is C11H17N3O. The summed E-state index contributed by atoms with van der Waals surface area (Å²) in [5, 5.41) is 9.77. The second kappa shape index (κ2) is 4.47. The minimum Gasteiger partial charge on any atom is -0.366 e. The van der Waals surface area contributed by atoms with E-state index in [0.29, 0.717) is 12.0 Å². The van der Waals surface area contributed by atoms with Gasteiger partial charge in [0.2, 0.25) is 0 Å². The van der Waals surface area contributed by atoms with Crippen molar-refractivity contribution < 1.29 is 0 Å². The molecule has 4 nitrogen and oxygen atoms in total. The highest BCUT2D eigenvalue weighted by molar-refractivity contribution is 5.33. The molecule has 1 fully saturated rings. The summed E-state index contributed by atoms with van der Waals surface area (Å²) in [5.41, 5.74) is -0.155. The summed E-state index contributed by atoms with van der Waals surface area (Å²) in [6, 6.07) is 3.74. The molecule has 1 aliphatic carbocycles. The van der Waals surface area contributed by atoms with E-state index in [-0.39, 0.29) is 5.56 Å². The zero-order chi connectivity index (χ0) is 10.7. The van der Waals surface area contributed by atoms with Crippen LogP contribution < -0.4 is 10.9 Å². The van der Waals surface area contributed by atoms with Gasteiger partial charge in [0, 0.05) is 12.1 Å². The lowest BCUT2D eigenvalue weighted by Gasteiger charge is -2.29. The second-order valence-electron chi connectivity index (χ2n) is 4.32. The Morgan fingerprint density at radius 1 is 1.40 bits per heavy atom. The number of aromatic amines is 1. The molecule has 0 aliphatic heterocycles. The van der Waals surface area contributed by atoms with E-state index in [9.17, 15) is 4.79 Å². The van der Waals surface area contributed by atoms with Crippen molar-refractivity contribution in [1.29, 1.82) is 0 Å². The van der Waals surface area contributed by atoms with E-state index in [1.165, 1.54) is 31.7 Å². The van der Waals surface area contributed by atoms with Gasteiger partial charge in [0.15, 0.2) is 0 Å². The molecule has 1 aromatic rings. The molecule has 0 bridgehead atoms. The Hall–Kier alpha value is -1.32. The molecule has 1 heterocycles. The third-order valence-corrected chi connectivity index (χ3v) is 3.12. The lowest BCUT2D eigenvalue weighted by Crippen LogP contribution is -2.31. The van der Waals surface area contributed by atoms with Gasteiger partial charge in [-0.1, -0.05) is 19.8 Å². The van der Waals surface area contributed by atoms with Gasteiger partial charge in [-0.3, -0.25) is 4.79 Å². The first-order valence-electron chi connectivity index (χ1n) is 5.58. The molecule has 2 rings (SSSR count). The molecule has 0 radical (unpaired) electrons. The Labute approximate surface area is 89.1 Å². The van der Waals surface area contributed by atoms with E-state index in [0.717, 1.165) is 5.82 Å². The van der Waals surface area contributed by atoms with Gasteiger partial charge in [-0.05, 0) is 24.8 Å².